The van der Waals surface area contributed by atoms with Crippen LogP contribution in [-0.2, 0) is 6.42 Å². The van der Waals surface area contributed by atoms with E-state index >= 15 is 0 Å². The molecule has 2 atom stereocenters. The van der Waals surface area contributed by atoms with Crippen LogP contribution in [0.25, 0.3) is 0 Å². The maximum absolute atomic E-state index is 6.15. The van der Waals surface area contributed by atoms with E-state index in [1.54, 1.807) is 7.11 Å². The molecular weight excluding hydrogens is 234 g/mol. The lowest BCUT2D eigenvalue weighted by Crippen LogP contribution is -2.26. The lowest BCUT2D eigenvalue weighted by atomic mass is 9.87. The van der Waals surface area contributed by atoms with E-state index in [9.17, 15) is 0 Å². The molecule has 0 aliphatic rings. The van der Waals surface area contributed by atoms with Crippen molar-refractivity contribution in [3.05, 3.63) is 65.7 Å². The Kier molecular flexibility index (Phi) is 4.58. The fourth-order valence-electron chi connectivity index (χ4n) is 2.32. The summed E-state index contributed by atoms with van der Waals surface area (Å²) in [5, 5.41) is 0. The molecule has 0 amide bonds. The third-order valence-corrected chi connectivity index (χ3v) is 3.48. The van der Waals surface area contributed by atoms with Gasteiger partial charge in [-0.3, -0.25) is 0 Å². The van der Waals surface area contributed by atoms with E-state index in [1.807, 2.05) is 18.2 Å². The van der Waals surface area contributed by atoms with Crippen molar-refractivity contribution >= 4 is 0 Å². The molecule has 0 aliphatic carbocycles. The number of hydrogen-bond donors (Lipinski definition) is 1. The zero-order chi connectivity index (χ0) is 13.7. The third-order valence-electron chi connectivity index (χ3n) is 3.48. The zero-order valence-corrected chi connectivity index (χ0v) is 11.5. The van der Waals surface area contributed by atoms with Gasteiger partial charge >= 0.3 is 0 Å². The highest BCUT2D eigenvalue weighted by Gasteiger charge is 2.16. The molecule has 2 nitrogen and oxygen atoms in total. The van der Waals surface area contributed by atoms with E-state index in [-0.39, 0.29) is 6.04 Å². The minimum atomic E-state index is 0.129. The summed E-state index contributed by atoms with van der Waals surface area (Å²) >= 11 is 0. The summed E-state index contributed by atoms with van der Waals surface area (Å²) in [7, 11) is 1.68. The largest absolute Gasteiger partial charge is 0.497 e. The van der Waals surface area contributed by atoms with Gasteiger partial charge in [0, 0.05) is 12.0 Å². The molecule has 0 saturated heterocycles. The average Bonchev–Trinajstić information content (AvgIpc) is 2.46. The predicted octanol–water partition coefficient (Wildman–Crippen LogP) is 3.37. The fourth-order valence-corrected chi connectivity index (χ4v) is 2.32. The molecule has 0 saturated carbocycles. The normalized spacial score (nSPS) is 13.8. The lowest BCUT2D eigenvalue weighted by molar-refractivity contribution is 0.414. The Labute approximate surface area is 115 Å². The Balaban J connectivity index is 2.17. The number of nitrogens with two attached hydrogens (primary N) is 1. The van der Waals surface area contributed by atoms with Crippen LogP contribution in [0.4, 0.5) is 0 Å². The van der Waals surface area contributed by atoms with Crippen LogP contribution in [0.2, 0.25) is 0 Å². The van der Waals surface area contributed by atoms with Crippen LogP contribution in [0.1, 0.15) is 24.0 Å². The Morgan fingerprint density at radius 2 is 1.63 bits per heavy atom. The molecule has 0 fully saturated rings. The van der Waals surface area contributed by atoms with E-state index in [4.69, 9.17) is 10.5 Å². The van der Waals surface area contributed by atoms with Gasteiger partial charge in [0.25, 0.3) is 0 Å². The first-order chi connectivity index (χ1) is 9.20. The molecule has 2 rings (SSSR count). The van der Waals surface area contributed by atoms with Gasteiger partial charge in [-0.2, -0.15) is 0 Å². The monoisotopic (exact) mass is 255 g/mol. The molecule has 2 N–H and O–H groups in total. The highest BCUT2D eigenvalue weighted by Crippen LogP contribution is 2.24. The number of benzene rings is 2. The van der Waals surface area contributed by atoms with Crippen molar-refractivity contribution in [2.45, 2.75) is 25.3 Å². The number of hydrogen-bond acceptors (Lipinski definition) is 2. The molecule has 0 unspecified atom stereocenters. The van der Waals surface area contributed by atoms with E-state index in [2.05, 4.69) is 43.3 Å². The molecule has 19 heavy (non-hydrogen) atoms. The van der Waals surface area contributed by atoms with E-state index in [0.717, 1.165) is 12.2 Å². The van der Waals surface area contributed by atoms with Crippen LogP contribution in [0.3, 0.4) is 0 Å². The van der Waals surface area contributed by atoms with Gasteiger partial charge in [-0.25, -0.2) is 0 Å². The zero-order valence-electron chi connectivity index (χ0n) is 11.5. The standard InChI is InChI=1S/C17H21NO/c1-13(18)17(15-6-4-3-5-7-15)12-14-8-10-16(19-2)11-9-14/h3-11,13,17H,12,18H2,1-2H3/t13-,17-/m0/s1. The minimum absolute atomic E-state index is 0.129. The molecule has 2 heteroatoms. The van der Waals surface area contributed by atoms with Gasteiger partial charge in [0.05, 0.1) is 7.11 Å². The van der Waals surface area contributed by atoms with Gasteiger partial charge in [-0.15, -0.1) is 0 Å². The molecule has 0 heterocycles. The van der Waals surface area contributed by atoms with Crippen molar-refractivity contribution in [3.8, 4) is 5.75 Å². The Bertz CT molecular complexity index is 490. The van der Waals surface area contributed by atoms with Crippen LogP contribution >= 0.6 is 0 Å². The lowest BCUT2D eigenvalue weighted by Gasteiger charge is -2.21. The van der Waals surface area contributed by atoms with Crippen LogP contribution in [0.5, 0.6) is 5.75 Å². The topological polar surface area (TPSA) is 35.2 Å². The average molecular weight is 255 g/mol. The number of ether oxygens (including phenoxy) is 1. The highest BCUT2D eigenvalue weighted by molar-refractivity contribution is 5.30. The molecule has 0 radical (unpaired) electrons. The smallest absolute Gasteiger partial charge is 0.118 e. The maximum atomic E-state index is 6.15. The van der Waals surface area contributed by atoms with Gasteiger partial charge < -0.3 is 10.5 Å². The van der Waals surface area contributed by atoms with Crippen LogP contribution in [0, 0.1) is 0 Å². The molecule has 0 spiro atoms. The minimum Gasteiger partial charge on any atom is -0.497 e. The van der Waals surface area contributed by atoms with Crippen LogP contribution < -0.4 is 10.5 Å². The molecule has 0 bridgehead atoms. The second-order valence-corrected chi connectivity index (χ2v) is 4.93. The third kappa shape index (κ3) is 3.58. The second kappa shape index (κ2) is 6.39. The van der Waals surface area contributed by atoms with Crippen molar-refractivity contribution in [1.29, 1.82) is 0 Å². The quantitative estimate of drug-likeness (QED) is 0.889. The van der Waals surface area contributed by atoms with Crippen LogP contribution in [0.15, 0.2) is 54.6 Å². The maximum Gasteiger partial charge on any atom is 0.118 e. The summed E-state index contributed by atoms with van der Waals surface area (Å²) in [4.78, 5) is 0. The Hall–Kier alpha value is -1.80. The first kappa shape index (κ1) is 13.6. The van der Waals surface area contributed by atoms with Crippen molar-refractivity contribution in [1.82, 2.24) is 0 Å². The Morgan fingerprint density at radius 3 is 2.16 bits per heavy atom. The van der Waals surface area contributed by atoms with Gasteiger partial charge in [0.1, 0.15) is 5.75 Å². The molecule has 100 valence electrons. The highest BCUT2D eigenvalue weighted by atomic mass is 16.5. The van der Waals surface area contributed by atoms with E-state index in [0.29, 0.717) is 5.92 Å². The van der Waals surface area contributed by atoms with Crippen molar-refractivity contribution in [2.24, 2.45) is 5.73 Å². The first-order valence-corrected chi connectivity index (χ1v) is 6.64. The fraction of sp³-hybridized carbons (Fsp3) is 0.294. The summed E-state index contributed by atoms with van der Waals surface area (Å²) in [5.74, 6) is 1.23. The first-order valence-electron chi connectivity index (χ1n) is 6.64. The SMILES string of the molecule is COc1ccc(C[C@H](c2ccccc2)[C@H](C)N)cc1. The second-order valence-electron chi connectivity index (χ2n) is 4.93. The number of methoxy groups -OCH3 is 1. The van der Waals surface area contributed by atoms with Gasteiger partial charge in [0.2, 0.25) is 0 Å². The van der Waals surface area contributed by atoms with Crippen molar-refractivity contribution < 1.29 is 4.74 Å². The summed E-state index contributed by atoms with van der Waals surface area (Å²) in [6, 6.07) is 18.8. The van der Waals surface area contributed by atoms with Gasteiger partial charge in [-0.1, -0.05) is 42.5 Å². The van der Waals surface area contributed by atoms with E-state index in [1.165, 1.54) is 11.1 Å². The van der Waals surface area contributed by atoms with Gasteiger partial charge in [-0.05, 0) is 36.6 Å². The van der Waals surface area contributed by atoms with Crippen molar-refractivity contribution in [2.75, 3.05) is 7.11 Å². The van der Waals surface area contributed by atoms with E-state index < -0.39 is 0 Å². The summed E-state index contributed by atoms with van der Waals surface area (Å²) in [5.41, 5.74) is 8.73. The van der Waals surface area contributed by atoms with Gasteiger partial charge in [0.15, 0.2) is 0 Å². The molecule has 0 aliphatic heterocycles. The summed E-state index contributed by atoms with van der Waals surface area (Å²) in [6.07, 6.45) is 0.950. The van der Waals surface area contributed by atoms with Crippen molar-refractivity contribution in [3.63, 3.8) is 0 Å². The predicted molar refractivity (Wildman–Crippen MR) is 79.5 cm³/mol. The number of rotatable bonds is 5. The molecular formula is C17H21NO. The molecule has 2 aromatic carbocycles. The molecule has 2 aromatic rings. The van der Waals surface area contributed by atoms with Crippen LogP contribution in [-0.4, -0.2) is 13.2 Å². The Morgan fingerprint density at radius 1 is 1.00 bits per heavy atom. The summed E-state index contributed by atoms with van der Waals surface area (Å²) in [6.45, 7) is 2.07. The summed E-state index contributed by atoms with van der Waals surface area (Å²) < 4.78 is 5.18. The molecule has 0 aromatic heterocycles.